The highest BCUT2D eigenvalue weighted by molar-refractivity contribution is 6.17. The molecule has 1 aromatic carbocycles. The number of aromatic nitrogens is 1. The fraction of sp³-hybridized carbons (Fsp3) is 0.250. The Morgan fingerprint density at radius 3 is 1.70 bits per heavy atom. The first kappa shape index (κ1) is 14.0. The highest BCUT2D eigenvalue weighted by Crippen LogP contribution is 2.10. The number of carbonyl (C=O) groups excluding carboxylic acids is 2. The molecule has 0 radical (unpaired) electrons. The van der Waals surface area contributed by atoms with Crippen LogP contribution in [0.4, 0.5) is 0 Å². The smallest absolute Gasteiger partial charge is 0.253 e. The third-order valence-electron chi connectivity index (χ3n) is 4.03. The molecule has 3 heterocycles. The summed E-state index contributed by atoms with van der Waals surface area (Å²) in [6.07, 6.45) is 0. The molecule has 0 spiro atoms. The second-order valence-corrected chi connectivity index (χ2v) is 5.38. The van der Waals surface area contributed by atoms with Gasteiger partial charge in [0.05, 0.1) is 35.1 Å². The van der Waals surface area contributed by atoms with Crippen LogP contribution in [-0.4, -0.2) is 43.5 Å². The topological polar surface area (TPSA) is 92.4 Å². The van der Waals surface area contributed by atoms with E-state index in [1.54, 1.807) is 0 Å². The molecule has 2 aromatic rings. The summed E-state index contributed by atoms with van der Waals surface area (Å²) in [4.78, 5) is 27.5. The van der Waals surface area contributed by atoms with Gasteiger partial charge in [0.1, 0.15) is 13.5 Å². The van der Waals surface area contributed by atoms with Gasteiger partial charge in [-0.05, 0) is 0 Å². The van der Waals surface area contributed by atoms with Crippen LogP contribution in [0.2, 0.25) is 0 Å². The molecule has 2 aliphatic rings. The molecule has 4 rings (SSSR count). The number of nitrogens with one attached hydrogen (secondary N) is 3. The normalized spacial score (nSPS) is 23.7. The van der Waals surface area contributed by atoms with Gasteiger partial charge >= 0.3 is 0 Å². The van der Waals surface area contributed by atoms with Gasteiger partial charge in [-0.15, -0.1) is 0 Å². The molecule has 1 aromatic heterocycles. The highest BCUT2D eigenvalue weighted by Gasteiger charge is 2.21. The molecule has 0 saturated carbocycles. The number of amides is 2. The Morgan fingerprint density at radius 2 is 1.26 bits per heavy atom. The van der Waals surface area contributed by atoms with Crippen LogP contribution in [0, 0.1) is 0 Å². The summed E-state index contributed by atoms with van der Waals surface area (Å²) in [6, 6.07) is 7.63. The zero-order valence-corrected chi connectivity index (χ0v) is 12.3. The molecule has 2 fully saturated rings. The zero-order chi connectivity index (χ0) is 15.8. The van der Waals surface area contributed by atoms with Crippen molar-refractivity contribution in [3.8, 4) is 0 Å². The number of hydrogen-bond donors (Lipinski definition) is 3. The van der Waals surface area contributed by atoms with Crippen molar-refractivity contribution in [2.24, 2.45) is 0 Å². The molecule has 7 heteroatoms. The van der Waals surface area contributed by atoms with E-state index < -0.39 is 0 Å². The van der Waals surface area contributed by atoms with Gasteiger partial charge in [-0.1, -0.05) is 24.3 Å². The van der Waals surface area contributed by atoms with Crippen molar-refractivity contribution in [1.82, 2.24) is 15.6 Å². The summed E-state index contributed by atoms with van der Waals surface area (Å²) < 4.78 is 10.7. The third-order valence-corrected chi connectivity index (χ3v) is 4.03. The molecule has 2 amide bonds. The first-order valence-corrected chi connectivity index (χ1v) is 7.30. The number of aromatic amines is 1. The first-order valence-electron chi connectivity index (χ1n) is 7.30. The molecule has 23 heavy (non-hydrogen) atoms. The molecule has 0 bridgehead atoms. The molecule has 2 saturated heterocycles. The Bertz CT molecular complexity index is 854. The minimum atomic E-state index is -0.163. The average molecular weight is 313 g/mol. The van der Waals surface area contributed by atoms with E-state index in [1.807, 2.05) is 24.3 Å². The predicted octanol–water partition coefficient (Wildman–Crippen LogP) is -1.32. The molecule has 118 valence electrons. The van der Waals surface area contributed by atoms with Crippen molar-refractivity contribution in [2.75, 3.05) is 26.7 Å². The number of ether oxygens (including phenoxy) is 2. The van der Waals surface area contributed by atoms with Crippen molar-refractivity contribution in [2.45, 2.75) is 0 Å². The van der Waals surface area contributed by atoms with E-state index in [4.69, 9.17) is 9.47 Å². The van der Waals surface area contributed by atoms with Crippen molar-refractivity contribution in [3.05, 3.63) is 35.0 Å². The minimum absolute atomic E-state index is 0.163. The highest BCUT2D eigenvalue weighted by atomic mass is 16.5. The summed E-state index contributed by atoms with van der Waals surface area (Å²) in [5.41, 5.74) is 1.05. The van der Waals surface area contributed by atoms with Crippen molar-refractivity contribution in [1.29, 1.82) is 0 Å². The Kier molecular flexibility index (Phi) is 3.36. The molecular formula is C16H15N3O4. The monoisotopic (exact) mass is 313 g/mol. The van der Waals surface area contributed by atoms with E-state index in [1.165, 1.54) is 0 Å². The number of rotatable bonds is 0. The molecule has 2 aliphatic heterocycles. The molecular weight excluding hydrogens is 298 g/mol. The van der Waals surface area contributed by atoms with Crippen LogP contribution in [0.1, 0.15) is 0 Å². The summed E-state index contributed by atoms with van der Waals surface area (Å²) in [5, 5.41) is 8.44. The van der Waals surface area contributed by atoms with Gasteiger partial charge in [-0.3, -0.25) is 9.59 Å². The molecule has 0 unspecified atom stereocenters. The standard InChI is InChI=1S/C16H15N3O4/c20-15-11(5-22-7-17-15)13-9-3-1-2-4-10(9)14(19-13)12-6-23-8-18-16(12)21/h1-4,19H,5-8H2,(H,17,20)(H,18,21)/b13-11-,14-12-. The Labute approximate surface area is 131 Å². The van der Waals surface area contributed by atoms with Crippen LogP contribution < -0.4 is 21.3 Å². The fourth-order valence-electron chi connectivity index (χ4n) is 2.91. The molecule has 0 aliphatic carbocycles. The number of fused-ring (bicyclic) bond motifs is 1. The van der Waals surface area contributed by atoms with Gasteiger partial charge < -0.3 is 25.1 Å². The maximum absolute atomic E-state index is 12.1. The summed E-state index contributed by atoms with van der Waals surface area (Å²) in [7, 11) is 0. The number of carbonyl (C=O) groups is 2. The van der Waals surface area contributed by atoms with Crippen molar-refractivity contribution in [3.63, 3.8) is 0 Å². The van der Waals surface area contributed by atoms with E-state index in [2.05, 4.69) is 15.6 Å². The van der Waals surface area contributed by atoms with Crippen LogP contribution in [-0.2, 0) is 19.1 Å². The molecule has 0 atom stereocenters. The second kappa shape index (κ2) is 5.53. The van der Waals surface area contributed by atoms with E-state index in [0.29, 0.717) is 21.8 Å². The quantitative estimate of drug-likeness (QED) is 0.562. The average Bonchev–Trinajstić information content (AvgIpc) is 2.95. The van der Waals surface area contributed by atoms with E-state index >= 15 is 0 Å². The maximum atomic E-state index is 12.1. The van der Waals surface area contributed by atoms with Gasteiger partial charge in [-0.2, -0.15) is 0 Å². The van der Waals surface area contributed by atoms with Crippen molar-refractivity contribution < 1.29 is 19.1 Å². The largest absolute Gasteiger partial charge is 0.356 e. The number of hydrogen-bond acceptors (Lipinski definition) is 4. The third kappa shape index (κ3) is 2.30. The lowest BCUT2D eigenvalue weighted by Gasteiger charge is -2.15. The van der Waals surface area contributed by atoms with Gasteiger partial charge in [0, 0.05) is 10.8 Å². The van der Waals surface area contributed by atoms with E-state index in [-0.39, 0.29) is 38.5 Å². The van der Waals surface area contributed by atoms with Crippen molar-refractivity contribution >= 4 is 33.7 Å². The SMILES string of the molecule is O=C1NCOC/C1=c1/[nH]/c(=C2/COCNC2=O)c2ccccc12. The summed E-state index contributed by atoms with van der Waals surface area (Å²) in [6.45, 7) is 0.879. The molecule has 7 nitrogen and oxygen atoms in total. The number of benzene rings is 1. The maximum Gasteiger partial charge on any atom is 0.253 e. The number of H-pyrrole nitrogens is 1. The van der Waals surface area contributed by atoms with Crippen LogP contribution in [0.3, 0.4) is 0 Å². The van der Waals surface area contributed by atoms with Gasteiger partial charge in [0.2, 0.25) is 0 Å². The lowest BCUT2D eigenvalue weighted by Crippen LogP contribution is -2.39. The molecule has 3 N–H and O–H groups in total. The van der Waals surface area contributed by atoms with Gasteiger partial charge in [-0.25, -0.2) is 0 Å². The first-order chi connectivity index (χ1) is 11.3. The Morgan fingerprint density at radius 1 is 0.783 bits per heavy atom. The van der Waals surface area contributed by atoms with Crippen LogP contribution in [0.25, 0.3) is 21.9 Å². The summed E-state index contributed by atoms with van der Waals surface area (Å²) in [5.74, 6) is -0.326. The second-order valence-electron chi connectivity index (χ2n) is 5.38. The van der Waals surface area contributed by atoms with E-state index in [0.717, 1.165) is 10.8 Å². The minimum Gasteiger partial charge on any atom is -0.356 e. The summed E-state index contributed by atoms with van der Waals surface area (Å²) >= 11 is 0. The van der Waals surface area contributed by atoms with Gasteiger partial charge in [0.25, 0.3) is 11.8 Å². The lowest BCUT2D eigenvalue weighted by atomic mass is 10.1. The predicted molar refractivity (Wildman–Crippen MR) is 82.3 cm³/mol. The zero-order valence-electron chi connectivity index (χ0n) is 12.3. The Balaban J connectivity index is 2.09. The fourth-order valence-corrected chi connectivity index (χ4v) is 2.91. The Hall–Kier alpha value is -2.64. The lowest BCUT2D eigenvalue weighted by molar-refractivity contribution is -0.120. The van der Waals surface area contributed by atoms with Gasteiger partial charge in [0.15, 0.2) is 0 Å². The van der Waals surface area contributed by atoms with Crippen LogP contribution >= 0.6 is 0 Å². The van der Waals surface area contributed by atoms with Crippen LogP contribution in [0.15, 0.2) is 24.3 Å². The van der Waals surface area contributed by atoms with E-state index in [9.17, 15) is 9.59 Å². The van der Waals surface area contributed by atoms with Crippen LogP contribution in [0.5, 0.6) is 0 Å².